The number of aromatic nitrogens is 3. The van der Waals surface area contributed by atoms with E-state index in [0.717, 1.165) is 12.2 Å². The highest BCUT2D eigenvalue weighted by atomic mass is 32.2. The molecular weight excluding hydrogens is 440 g/mol. The third kappa shape index (κ3) is 6.58. The van der Waals surface area contributed by atoms with E-state index in [0.29, 0.717) is 28.8 Å². The van der Waals surface area contributed by atoms with Crippen LogP contribution in [0.4, 0.5) is 5.69 Å². The summed E-state index contributed by atoms with van der Waals surface area (Å²) in [6.45, 7) is 6.09. The highest BCUT2D eigenvalue weighted by molar-refractivity contribution is 7.99. The molecule has 1 atom stereocenters. The number of aryl methyl sites for hydroxylation is 1. The molecule has 8 nitrogen and oxygen atoms in total. The summed E-state index contributed by atoms with van der Waals surface area (Å²) in [5.41, 5.74) is 2.29. The van der Waals surface area contributed by atoms with Gasteiger partial charge in [0.05, 0.1) is 17.9 Å². The summed E-state index contributed by atoms with van der Waals surface area (Å²) >= 11 is 1.29. The van der Waals surface area contributed by atoms with Crippen LogP contribution in [0.3, 0.4) is 0 Å². The second-order valence-electron chi connectivity index (χ2n) is 7.29. The molecule has 1 N–H and O–H groups in total. The van der Waals surface area contributed by atoms with Gasteiger partial charge in [0.2, 0.25) is 5.91 Å². The van der Waals surface area contributed by atoms with Gasteiger partial charge in [-0.05, 0) is 62.2 Å². The Bertz CT molecular complexity index is 1080. The van der Waals surface area contributed by atoms with Crippen LogP contribution in [-0.4, -0.2) is 39.0 Å². The Hall–Kier alpha value is -3.33. The van der Waals surface area contributed by atoms with Crippen molar-refractivity contribution in [1.82, 2.24) is 14.8 Å². The van der Waals surface area contributed by atoms with E-state index in [9.17, 15) is 9.59 Å². The summed E-state index contributed by atoms with van der Waals surface area (Å²) in [6.07, 6.45) is 0.683. The number of benzene rings is 2. The predicted octanol–water partition coefficient (Wildman–Crippen LogP) is 4.43. The molecule has 2 aromatic carbocycles. The Morgan fingerprint density at radius 1 is 1.06 bits per heavy atom. The van der Waals surface area contributed by atoms with E-state index in [1.54, 1.807) is 31.2 Å². The van der Waals surface area contributed by atoms with E-state index in [4.69, 9.17) is 9.47 Å². The van der Waals surface area contributed by atoms with Crippen molar-refractivity contribution in [3.8, 4) is 5.75 Å². The predicted molar refractivity (Wildman–Crippen MR) is 128 cm³/mol. The second kappa shape index (κ2) is 11.5. The van der Waals surface area contributed by atoms with Gasteiger partial charge in [-0.25, -0.2) is 4.79 Å². The Kier molecular flexibility index (Phi) is 8.48. The molecule has 1 amide bonds. The first-order chi connectivity index (χ1) is 15.9. The maximum absolute atomic E-state index is 12.3. The van der Waals surface area contributed by atoms with Gasteiger partial charge >= 0.3 is 5.97 Å². The van der Waals surface area contributed by atoms with Gasteiger partial charge in [0.15, 0.2) is 17.1 Å². The monoisotopic (exact) mass is 468 g/mol. The Labute approximate surface area is 197 Å². The minimum atomic E-state index is -0.389. The van der Waals surface area contributed by atoms with Crippen LogP contribution in [-0.2, 0) is 23.0 Å². The van der Waals surface area contributed by atoms with Crippen molar-refractivity contribution in [3.05, 3.63) is 65.5 Å². The van der Waals surface area contributed by atoms with Gasteiger partial charge in [0.25, 0.3) is 0 Å². The summed E-state index contributed by atoms with van der Waals surface area (Å²) < 4.78 is 12.8. The number of ether oxygens (including phenoxy) is 2. The van der Waals surface area contributed by atoms with Gasteiger partial charge < -0.3 is 19.4 Å². The van der Waals surface area contributed by atoms with Crippen LogP contribution >= 0.6 is 11.8 Å². The van der Waals surface area contributed by atoms with E-state index in [1.807, 2.05) is 42.8 Å². The number of nitrogens with one attached hydrogen (secondary N) is 1. The molecule has 0 aliphatic carbocycles. The number of hydrogen-bond acceptors (Lipinski definition) is 7. The zero-order chi connectivity index (χ0) is 23.8. The first-order valence-electron chi connectivity index (χ1n) is 10.8. The Morgan fingerprint density at radius 2 is 1.76 bits per heavy atom. The SMILES string of the molecule is CCOC(=O)c1ccc(NC(=O)CSc2nnc(C(C)Oc3ccc(CC)cc3)n2C)cc1. The Morgan fingerprint density at radius 3 is 2.39 bits per heavy atom. The van der Waals surface area contributed by atoms with Gasteiger partial charge in [-0.3, -0.25) is 4.79 Å². The number of rotatable bonds is 10. The lowest BCUT2D eigenvalue weighted by molar-refractivity contribution is -0.113. The smallest absolute Gasteiger partial charge is 0.338 e. The number of carbonyl (C=O) groups is 2. The fourth-order valence-electron chi connectivity index (χ4n) is 3.10. The highest BCUT2D eigenvalue weighted by Crippen LogP contribution is 2.24. The molecule has 33 heavy (non-hydrogen) atoms. The van der Waals surface area contributed by atoms with Crippen LogP contribution in [0, 0.1) is 0 Å². The average Bonchev–Trinajstić information content (AvgIpc) is 3.19. The van der Waals surface area contributed by atoms with Crippen LogP contribution in [0.1, 0.15) is 48.6 Å². The van der Waals surface area contributed by atoms with Crippen molar-refractivity contribution < 1.29 is 19.1 Å². The largest absolute Gasteiger partial charge is 0.483 e. The minimum Gasteiger partial charge on any atom is -0.483 e. The topological polar surface area (TPSA) is 95.3 Å². The maximum atomic E-state index is 12.3. The van der Waals surface area contributed by atoms with Crippen molar-refractivity contribution in [2.75, 3.05) is 17.7 Å². The first kappa shape index (κ1) is 24.3. The van der Waals surface area contributed by atoms with E-state index in [2.05, 4.69) is 22.4 Å². The van der Waals surface area contributed by atoms with Crippen molar-refractivity contribution >= 4 is 29.3 Å². The lowest BCUT2D eigenvalue weighted by atomic mass is 10.2. The van der Waals surface area contributed by atoms with Crippen molar-refractivity contribution in [1.29, 1.82) is 0 Å². The fourth-order valence-corrected chi connectivity index (χ4v) is 3.82. The van der Waals surface area contributed by atoms with Gasteiger partial charge in [0, 0.05) is 12.7 Å². The van der Waals surface area contributed by atoms with Crippen molar-refractivity contribution in [3.63, 3.8) is 0 Å². The normalized spacial score (nSPS) is 11.6. The zero-order valence-corrected chi connectivity index (χ0v) is 20.0. The Balaban J connectivity index is 1.53. The fraction of sp³-hybridized carbons (Fsp3) is 0.333. The molecule has 0 fully saturated rings. The van der Waals surface area contributed by atoms with Crippen LogP contribution in [0.5, 0.6) is 5.75 Å². The molecule has 0 aliphatic heterocycles. The van der Waals surface area contributed by atoms with Gasteiger partial charge in [-0.15, -0.1) is 10.2 Å². The number of carbonyl (C=O) groups excluding carboxylic acids is 2. The molecule has 9 heteroatoms. The molecule has 1 heterocycles. The minimum absolute atomic E-state index is 0.166. The molecule has 0 aliphatic rings. The van der Waals surface area contributed by atoms with Gasteiger partial charge in [-0.2, -0.15) is 0 Å². The highest BCUT2D eigenvalue weighted by Gasteiger charge is 2.18. The second-order valence-corrected chi connectivity index (χ2v) is 8.23. The molecule has 1 aromatic heterocycles. The van der Waals surface area contributed by atoms with E-state index >= 15 is 0 Å². The molecular formula is C24H28N4O4S. The standard InChI is InChI=1S/C24H28N4O4S/c1-5-17-7-13-20(14-8-17)32-16(3)22-26-27-24(28(22)4)33-15-21(29)25-19-11-9-18(10-12-19)23(30)31-6-2/h7-14,16H,5-6,15H2,1-4H3,(H,25,29). The first-order valence-corrected chi connectivity index (χ1v) is 11.7. The summed E-state index contributed by atoms with van der Waals surface area (Å²) in [6, 6.07) is 14.6. The molecule has 0 spiro atoms. The summed E-state index contributed by atoms with van der Waals surface area (Å²) in [4.78, 5) is 24.1. The molecule has 0 radical (unpaired) electrons. The zero-order valence-electron chi connectivity index (χ0n) is 19.2. The van der Waals surface area contributed by atoms with Crippen LogP contribution < -0.4 is 10.1 Å². The molecule has 3 rings (SSSR count). The summed E-state index contributed by atoms with van der Waals surface area (Å²) in [5, 5.41) is 11.9. The van der Waals surface area contributed by atoms with E-state index in [1.165, 1.54) is 17.3 Å². The number of nitrogens with zero attached hydrogens (tertiary/aromatic N) is 3. The van der Waals surface area contributed by atoms with Crippen LogP contribution in [0.2, 0.25) is 0 Å². The van der Waals surface area contributed by atoms with E-state index in [-0.39, 0.29) is 23.7 Å². The third-order valence-corrected chi connectivity index (χ3v) is 5.91. The van der Waals surface area contributed by atoms with Gasteiger partial charge in [-0.1, -0.05) is 30.8 Å². The summed E-state index contributed by atoms with van der Waals surface area (Å²) in [5.74, 6) is 1.03. The third-order valence-electron chi connectivity index (χ3n) is 4.89. The molecule has 174 valence electrons. The van der Waals surface area contributed by atoms with Crippen molar-refractivity contribution in [2.24, 2.45) is 7.05 Å². The molecule has 1 unspecified atom stereocenters. The molecule has 0 saturated heterocycles. The number of hydrogen-bond donors (Lipinski definition) is 1. The lowest BCUT2D eigenvalue weighted by Gasteiger charge is -2.14. The van der Waals surface area contributed by atoms with Crippen LogP contribution in [0.25, 0.3) is 0 Å². The number of amides is 1. The average molecular weight is 469 g/mol. The number of thioether (sulfide) groups is 1. The van der Waals surface area contributed by atoms with Gasteiger partial charge in [0.1, 0.15) is 5.75 Å². The van der Waals surface area contributed by atoms with E-state index < -0.39 is 0 Å². The van der Waals surface area contributed by atoms with Crippen LogP contribution in [0.15, 0.2) is 53.7 Å². The molecule has 0 bridgehead atoms. The molecule has 0 saturated carbocycles. The maximum Gasteiger partial charge on any atom is 0.338 e. The van der Waals surface area contributed by atoms with Crippen molar-refractivity contribution in [2.45, 2.75) is 38.5 Å². The lowest BCUT2D eigenvalue weighted by Crippen LogP contribution is -2.15. The molecule has 3 aromatic rings. The summed E-state index contributed by atoms with van der Waals surface area (Å²) in [7, 11) is 1.85. The quantitative estimate of drug-likeness (QED) is 0.347. The number of esters is 1. The number of anilines is 1.